The minimum Gasteiger partial charge on any atom is -0.506 e. The Morgan fingerprint density at radius 1 is 1.25 bits per heavy atom. The average molecular weight is 299 g/mol. The summed E-state index contributed by atoms with van der Waals surface area (Å²) in [4.78, 5) is 2.28. The van der Waals surface area contributed by atoms with Crippen molar-refractivity contribution in [3.63, 3.8) is 0 Å². The molecule has 0 aliphatic carbocycles. The fraction of sp³-hybridized carbons (Fsp3) is 0.625. The molecule has 0 bridgehead atoms. The fourth-order valence-corrected chi connectivity index (χ4v) is 2.86. The van der Waals surface area contributed by atoms with Crippen molar-refractivity contribution in [3.8, 4) is 5.75 Å². The monoisotopic (exact) mass is 298 g/mol. The third-order valence-electron chi connectivity index (χ3n) is 4.00. The van der Waals surface area contributed by atoms with Gasteiger partial charge >= 0.3 is 0 Å². The molecule has 0 heterocycles. The zero-order valence-electron chi connectivity index (χ0n) is 13.0. The number of phenolic OH excluding ortho intramolecular Hbond substituents is 1. The summed E-state index contributed by atoms with van der Waals surface area (Å²) in [7, 11) is 4.25. The number of nitrogens with zero attached hydrogens (tertiary/aromatic N) is 1. The molecular weight excluding hydrogens is 272 g/mol. The van der Waals surface area contributed by atoms with Gasteiger partial charge in [0.2, 0.25) is 0 Å². The van der Waals surface area contributed by atoms with Gasteiger partial charge < -0.3 is 15.3 Å². The Kier molecular flexibility index (Phi) is 7.35. The summed E-state index contributed by atoms with van der Waals surface area (Å²) in [6.45, 7) is 6.03. The van der Waals surface area contributed by atoms with Crippen LogP contribution in [0.15, 0.2) is 18.2 Å². The quantitative estimate of drug-likeness (QED) is 0.771. The summed E-state index contributed by atoms with van der Waals surface area (Å²) in [6, 6.07) is 5.97. The topological polar surface area (TPSA) is 35.5 Å². The zero-order chi connectivity index (χ0) is 15.1. The van der Waals surface area contributed by atoms with Gasteiger partial charge in [0.1, 0.15) is 5.75 Å². The Labute approximate surface area is 127 Å². The Morgan fingerprint density at radius 2 is 1.90 bits per heavy atom. The van der Waals surface area contributed by atoms with E-state index >= 15 is 0 Å². The second-order valence-electron chi connectivity index (χ2n) is 5.49. The van der Waals surface area contributed by atoms with E-state index in [4.69, 9.17) is 11.6 Å². The highest BCUT2D eigenvalue weighted by molar-refractivity contribution is 6.32. The van der Waals surface area contributed by atoms with Gasteiger partial charge in [0, 0.05) is 24.7 Å². The average Bonchev–Trinajstić information content (AvgIpc) is 2.42. The van der Waals surface area contributed by atoms with E-state index in [-0.39, 0.29) is 5.75 Å². The van der Waals surface area contributed by atoms with E-state index < -0.39 is 0 Å². The molecule has 0 saturated carbocycles. The van der Waals surface area contributed by atoms with Crippen LogP contribution >= 0.6 is 11.6 Å². The maximum atomic E-state index is 9.89. The van der Waals surface area contributed by atoms with Gasteiger partial charge in [0.15, 0.2) is 0 Å². The van der Waals surface area contributed by atoms with Crippen molar-refractivity contribution < 1.29 is 5.11 Å². The molecular formula is C16H27ClN2O. The SMILES string of the molecule is CCC(CC)C(CNCc1cccc(Cl)c1O)N(C)C. The fourth-order valence-electron chi connectivity index (χ4n) is 2.66. The predicted octanol–water partition coefficient (Wildman–Crippen LogP) is 3.50. The molecule has 1 unspecified atom stereocenters. The molecule has 20 heavy (non-hydrogen) atoms. The van der Waals surface area contributed by atoms with E-state index in [0.717, 1.165) is 12.1 Å². The number of benzene rings is 1. The van der Waals surface area contributed by atoms with Crippen LogP contribution in [0.2, 0.25) is 5.02 Å². The lowest BCUT2D eigenvalue weighted by molar-refractivity contribution is 0.194. The van der Waals surface area contributed by atoms with Crippen LogP contribution < -0.4 is 5.32 Å². The van der Waals surface area contributed by atoms with Crippen LogP contribution in [0.25, 0.3) is 0 Å². The Morgan fingerprint density at radius 3 is 2.45 bits per heavy atom. The van der Waals surface area contributed by atoms with Crippen molar-refractivity contribution in [2.24, 2.45) is 5.92 Å². The highest BCUT2D eigenvalue weighted by atomic mass is 35.5. The number of hydrogen-bond donors (Lipinski definition) is 2. The maximum Gasteiger partial charge on any atom is 0.138 e. The van der Waals surface area contributed by atoms with E-state index in [1.807, 2.05) is 12.1 Å². The maximum absolute atomic E-state index is 9.89. The Hall–Kier alpha value is -0.770. The van der Waals surface area contributed by atoms with Crippen LogP contribution in [-0.2, 0) is 6.54 Å². The molecule has 0 amide bonds. The third-order valence-corrected chi connectivity index (χ3v) is 4.30. The summed E-state index contributed by atoms with van der Waals surface area (Å²) in [5.74, 6) is 0.871. The Bertz CT molecular complexity index is 405. The van der Waals surface area contributed by atoms with Crippen molar-refractivity contribution in [3.05, 3.63) is 28.8 Å². The second-order valence-corrected chi connectivity index (χ2v) is 5.89. The van der Waals surface area contributed by atoms with Gasteiger partial charge in [-0.1, -0.05) is 50.4 Å². The van der Waals surface area contributed by atoms with Crippen molar-refractivity contribution in [1.29, 1.82) is 0 Å². The molecule has 4 heteroatoms. The van der Waals surface area contributed by atoms with Crippen molar-refractivity contribution >= 4 is 11.6 Å². The van der Waals surface area contributed by atoms with Crippen LogP contribution in [0.1, 0.15) is 32.3 Å². The zero-order valence-corrected chi connectivity index (χ0v) is 13.7. The van der Waals surface area contributed by atoms with Crippen LogP contribution in [0.4, 0.5) is 0 Å². The molecule has 0 aliphatic rings. The number of aromatic hydroxyl groups is 1. The van der Waals surface area contributed by atoms with Crippen LogP contribution in [-0.4, -0.2) is 36.7 Å². The highest BCUT2D eigenvalue weighted by Crippen LogP contribution is 2.26. The molecule has 3 nitrogen and oxygen atoms in total. The first kappa shape index (κ1) is 17.3. The van der Waals surface area contributed by atoms with Crippen LogP contribution in [0.5, 0.6) is 5.75 Å². The first-order valence-electron chi connectivity index (χ1n) is 7.34. The Balaban J connectivity index is 2.58. The van der Waals surface area contributed by atoms with Crippen molar-refractivity contribution in [2.45, 2.75) is 39.3 Å². The molecule has 1 rings (SSSR count). The number of hydrogen-bond acceptors (Lipinski definition) is 3. The lowest BCUT2D eigenvalue weighted by Crippen LogP contribution is -2.42. The molecule has 1 aromatic rings. The van der Waals surface area contributed by atoms with Gasteiger partial charge in [0.25, 0.3) is 0 Å². The van der Waals surface area contributed by atoms with Crippen LogP contribution in [0.3, 0.4) is 0 Å². The third kappa shape index (κ3) is 4.65. The highest BCUT2D eigenvalue weighted by Gasteiger charge is 2.20. The van der Waals surface area contributed by atoms with Gasteiger partial charge in [-0.15, -0.1) is 0 Å². The molecule has 1 atom stereocenters. The lowest BCUT2D eigenvalue weighted by Gasteiger charge is -2.31. The summed E-state index contributed by atoms with van der Waals surface area (Å²) in [5.41, 5.74) is 0.847. The number of nitrogens with one attached hydrogen (secondary N) is 1. The number of para-hydroxylation sites is 1. The molecule has 0 fully saturated rings. The number of likely N-dealkylation sites (N-methyl/N-ethyl adjacent to an activating group) is 1. The summed E-state index contributed by atoms with van der Waals surface area (Å²) in [5, 5.41) is 13.7. The molecule has 2 N–H and O–H groups in total. The molecule has 1 aromatic carbocycles. The van der Waals surface area contributed by atoms with E-state index in [0.29, 0.717) is 23.5 Å². The first-order valence-corrected chi connectivity index (χ1v) is 7.72. The van der Waals surface area contributed by atoms with Gasteiger partial charge in [-0.25, -0.2) is 0 Å². The van der Waals surface area contributed by atoms with Crippen molar-refractivity contribution in [2.75, 3.05) is 20.6 Å². The normalized spacial score (nSPS) is 13.2. The van der Waals surface area contributed by atoms with Crippen molar-refractivity contribution in [1.82, 2.24) is 10.2 Å². The standard InChI is InChI=1S/C16H27ClN2O/c1-5-12(6-2)15(19(3)4)11-18-10-13-8-7-9-14(17)16(13)20/h7-9,12,15,18,20H,5-6,10-11H2,1-4H3. The van der Waals surface area contributed by atoms with Gasteiger partial charge in [0.05, 0.1) is 5.02 Å². The lowest BCUT2D eigenvalue weighted by atomic mass is 9.93. The van der Waals surface area contributed by atoms with Gasteiger partial charge in [-0.2, -0.15) is 0 Å². The van der Waals surface area contributed by atoms with E-state index in [2.05, 4.69) is 38.2 Å². The summed E-state index contributed by atoms with van der Waals surface area (Å²) < 4.78 is 0. The van der Waals surface area contributed by atoms with E-state index in [9.17, 15) is 5.11 Å². The van der Waals surface area contributed by atoms with E-state index in [1.165, 1.54) is 12.8 Å². The molecule has 0 aromatic heterocycles. The minimum absolute atomic E-state index is 0.186. The van der Waals surface area contributed by atoms with Crippen LogP contribution in [0, 0.1) is 5.92 Å². The van der Waals surface area contributed by atoms with Gasteiger partial charge in [-0.05, 0) is 26.1 Å². The second kappa shape index (κ2) is 8.50. The smallest absolute Gasteiger partial charge is 0.138 e. The molecule has 0 aliphatic heterocycles. The summed E-state index contributed by atoms with van der Waals surface area (Å²) in [6.07, 6.45) is 2.37. The largest absolute Gasteiger partial charge is 0.506 e. The first-order chi connectivity index (χ1) is 9.51. The van der Waals surface area contributed by atoms with Gasteiger partial charge in [-0.3, -0.25) is 0 Å². The molecule has 0 saturated heterocycles. The number of phenols is 1. The molecule has 0 radical (unpaired) electrons. The molecule has 114 valence electrons. The predicted molar refractivity (Wildman–Crippen MR) is 86.4 cm³/mol. The number of halogens is 1. The minimum atomic E-state index is 0.186. The summed E-state index contributed by atoms with van der Waals surface area (Å²) >= 11 is 5.92. The number of rotatable bonds is 8. The van der Waals surface area contributed by atoms with E-state index in [1.54, 1.807) is 6.07 Å². The molecule has 0 spiro atoms.